The molecule has 1 unspecified atom stereocenters. The molecule has 0 aliphatic carbocycles. The number of hydrogen-bond donors (Lipinski definition) is 1. The smallest absolute Gasteiger partial charge is 0.481 e. The molecule has 0 radical (unpaired) electrons. The van der Waals surface area contributed by atoms with Crippen molar-refractivity contribution >= 4 is 39.9 Å². The van der Waals surface area contributed by atoms with Crippen LogP contribution in [-0.4, -0.2) is 35.4 Å². The highest BCUT2D eigenvalue weighted by molar-refractivity contribution is 7.14. The van der Waals surface area contributed by atoms with Gasteiger partial charge in [0.25, 0.3) is 0 Å². The summed E-state index contributed by atoms with van der Waals surface area (Å²) in [6.07, 6.45) is -3.76. The highest BCUT2D eigenvalue weighted by Crippen LogP contribution is 2.36. The minimum atomic E-state index is -4.86. The van der Waals surface area contributed by atoms with Gasteiger partial charge in [-0.2, -0.15) is 0 Å². The van der Waals surface area contributed by atoms with Crippen LogP contribution in [0.3, 0.4) is 0 Å². The van der Waals surface area contributed by atoms with E-state index in [-0.39, 0.29) is 27.8 Å². The van der Waals surface area contributed by atoms with Crippen LogP contribution < -0.4 is 9.64 Å². The topological polar surface area (TPSA) is 92.9 Å². The predicted octanol–water partition coefficient (Wildman–Crippen LogP) is 5.25. The summed E-state index contributed by atoms with van der Waals surface area (Å²) in [5.74, 6) is -2.54. The third kappa shape index (κ3) is 6.01. The minimum absolute atomic E-state index is 0.0867. The molecule has 12 heteroatoms. The van der Waals surface area contributed by atoms with Crippen LogP contribution in [0.1, 0.15) is 12.2 Å². The van der Waals surface area contributed by atoms with Crippen LogP contribution in [0.5, 0.6) is 5.75 Å². The average molecular weight is 489 g/mol. The zero-order valence-electron chi connectivity index (χ0n) is 16.4. The highest BCUT2D eigenvalue weighted by Gasteiger charge is 2.32. The maximum atomic E-state index is 12.9. The summed E-state index contributed by atoms with van der Waals surface area (Å²) >= 11 is 7.17. The summed E-state index contributed by atoms with van der Waals surface area (Å²) in [7, 11) is 1.44. The Balaban J connectivity index is 1.82. The summed E-state index contributed by atoms with van der Waals surface area (Å²) in [4.78, 5) is 29.7. The van der Waals surface area contributed by atoms with Crippen molar-refractivity contribution in [3.63, 3.8) is 0 Å². The van der Waals surface area contributed by atoms with Gasteiger partial charge in [-0.25, -0.2) is 4.98 Å². The van der Waals surface area contributed by atoms with E-state index < -0.39 is 36.3 Å². The van der Waals surface area contributed by atoms with Crippen molar-refractivity contribution in [2.24, 2.45) is 5.92 Å². The molecule has 7 nitrogen and oxygen atoms in total. The number of amides is 1. The molecule has 2 aromatic heterocycles. The van der Waals surface area contributed by atoms with E-state index in [2.05, 4.69) is 9.72 Å². The van der Waals surface area contributed by atoms with Gasteiger partial charge in [-0.05, 0) is 30.3 Å². The van der Waals surface area contributed by atoms with E-state index in [4.69, 9.17) is 16.0 Å². The van der Waals surface area contributed by atoms with E-state index in [1.165, 1.54) is 29.7 Å². The fourth-order valence-electron chi connectivity index (χ4n) is 2.94. The number of benzene rings is 1. The first-order valence-corrected chi connectivity index (χ1v) is 10.3. The van der Waals surface area contributed by atoms with Gasteiger partial charge >= 0.3 is 12.3 Å². The number of carboxylic acid groups (broad SMARTS) is 1. The van der Waals surface area contributed by atoms with Crippen LogP contribution in [0.4, 0.5) is 18.3 Å². The van der Waals surface area contributed by atoms with Crippen molar-refractivity contribution in [3.05, 3.63) is 52.8 Å². The van der Waals surface area contributed by atoms with E-state index in [1.54, 1.807) is 12.1 Å². The Hall–Kier alpha value is -3.05. The first-order chi connectivity index (χ1) is 15.0. The Morgan fingerprint density at radius 2 is 2.09 bits per heavy atom. The number of rotatable bonds is 8. The Morgan fingerprint density at radius 1 is 1.34 bits per heavy atom. The fourth-order valence-corrected chi connectivity index (χ4v) is 3.95. The SMILES string of the molecule is CN(C(=O)C(CC(=O)O)Cc1ccco1)c1nc(-c2cc(OC(F)(F)F)ccc2Cl)cs1. The van der Waals surface area contributed by atoms with Crippen molar-refractivity contribution in [1.82, 2.24) is 4.98 Å². The standard InChI is InChI=1S/C20H16ClF3N2O5S/c1-26(18(29)11(8-17(27)28)7-12-3-2-6-30-12)19-25-16(10-32-19)14-9-13(4-5-15(14)21)31-20(22,23)24/h2-6,9-11H,7-8H2,1H3,(H,27,28). The van der Waals surface area contributed by atoms with Crippen LogP contribution in [-0.2, 0) is 16.0 Å². The summed E-state index contributed by atoms with van der Waals surface area (Å²) < 4.78 is 46.7. The molecule has 32 heavy (non-hydrogen) atoms. The van der Waals surface area contributed by atoms with Gasteiger partial charge in [-0.1, -0.05) is 11.6 Å². The lowest BCUT2D eigenvalue weighted by Crippen LogP contribution is -2.35. The lowest BCUT2D eigenvalue weighted by molar-refractivity contribution is -0.274. The van der Waals surface area contributed by atoms with Crippen molar-refractivity contribution in [2.45, 2.75) is 19.2 Å². The molecular formula is C20H16ClF3N2O5S. The largest absolute Gasteiger partial charge is 0.573 e. The third-order valence-corrected chi connectivity index (χ3v) is 5.60. The fraction of sp³-hybridized carbons (Fsp3) is 0.250. The number of anilines is 1. The third-order valence-electron chi connectivity index (χ3n) is 4.35. The number of furan rings is 1. The highest BCUT2D eigenvalue weighted by atomic mass is 35.5. The average Bonchev–Trinajstić information content (AvgIpc) is 3.38. The molecule has 0 aliphatic heterocycles. The van der Waals surface area contributed by atoms with Crippen LogP contribution in [0.15, 0.2) is 46.4 Å². The molecule has 1 atom stereocenters. The normalized spacial score (nSPS) is 12.4. The number of carboxylic acids is 1. The number of aliphatic carboxylic acids is 1. The van der Waals surface area contributed by atoms with Crippen LogP contribution in [0.25, 0.3) is 11.3 Å². The molecule has 170 valence electrons. The maximum Gasteiger partial charge on any atom is 0.573 e. The first-order valence-electron chi connectivity index (χ1n) is 9.06. The van der Waals surface area contributed by atoms with Crippen molar-refractivity contribution in [1.29, 1.82) is 0 Å². The molecule has 2 heterocycles. The monoisotopic (exact) mass is 488 g/mol. The molecule has 0 fully saturated rings. The number of nitrogens with zero attached hydrogens (tertiary/aromatic N) is 2. The number of thiazole rings is 1. The molecule has 3 aromatic rings. The maximum absolute atomic E-state index is 12.9. The molecule has 1 N–H and O–H groups in total. The quantitative estimate of drug-likeness (QED) is 0.465. The Bertz CT molecular complexity index is 1100. The van der Waals surface area contributed by atoms with Gasteiger partial charge in [-0.15, -0.1) is 24.5 Å². The molecule has 0 bridgehead atoms. The predicted molar refractivity (Wildman–Crippen MR) is 111 cm³/mol. The van der Waals surface area contributed by atoms with Crippen molar-refractivity contribution in [2.75, 3.05) is 11.9 Å². The number of carbonyl (C=O) groups is 2. The van der Waals surface area contributed by atoms with Gasteiger partial charge in [0, 0.05) is 24.4 Å². The summed E-state index contributed by atoms with van der Waals surface area (Å²) in [5, 5.41) is 11.1. The number of carbonyl (C=O) groups excluding carboxylic acids is 1. The number of aromatic nitrogens is 1. The van der Waals surface area contributed by atoms with E-state index in [1.807, 2.05) is 0 Å². The number of alkyl halides is 3. The molecule has 0 aliphatic rings. The van der Waals surface area contributed by atoms with E-state index in [9.17, 15) is 27.9 Å². The first kappa shape index (κ1) is 23.6. The molecule has 0 spiro atoms. The number of ether oxygens (including phenoxy) is 1. The second kappa shape index (κ2) is 9.61. The minimum Gasteiger partial charge on any atom is -0.481 e. The molecular weight excluding hydrogens is 473 g/mol. The zero-order valence-corrected chi connectivity index (χ0v) is 18.0. The van der Waals surface area contributed by atoms with Crippen LogP contribution in [0.2, 0.25) is 5.02 Å². The Kier molecular flexibility index (Phi) is 7.09. The number of halogens is 4. The summed E-state index contributed by atoms with van der Waals surface area (Å²) in [5.41, 5.74) is 0.428. The van der Waals surface area contributed by atoms with Gasteiger partial charge < -0.3 is 14.3 Å². The van der Waals surface area contributed by atoms with Gasteiger partial charge in [0.1, 0.15) is 11.5 Å². The number of hydrogen-bond acceptors (Lipinski definition) is 6. The van der Waals surface area contributed by atoms with E-state index in [0.29, 0.717) is 5.76 Å². The lowest BCUT2D eigenvalue weighted by Gasteiger charge is -2.20. The summed E-state index contributed by atoms with van der Waals surface area (Å²) in [6.45, 7) is 0. The summed E-state index contributed by atoms with van der Waals surface area (Å²) in [6, 6.07) is 6.70. The van der Waals surface area contributed by atoms with Gasteiger partial charge in [0.05, 0.1) is 29.3 Å². The van der Waals surface area contributed by atoms with Gasteiger partial charge in [0.15, 0.2) is 5.13 Å². The Labute approximate surface area is 189 Å². The van der Waals surface area contributed by atoms with Crippen LogP contribution >= 0.6 is 22.9 Å². The second-order valence-electron chi connectivity index (χ2n) is 6.68. The zero-order chi connectivity index (χ0) is 23.5. The van der Waals surface area contributed by atoms with Crippen LogP contribution in [0, 0.1) is 5.92 Å². The molecule has 0 saturated heterocycles. The van der Waals surface area contributed by atoms with Crippen molar-refractivity contribution < 1.29 is 37.0 Å². The van der Waals surface area contributed by atoms with Gasteiger partial charge in [0.2, 0.25) is 5.91 Å². The van der Waals surface area contributed by atoms with E-state index in [0.717, 1.165) is 23.5 Å². The van der Waals surface area contributed by atoms with E-state index >= 15 is 0 Å². The molecule has 0 saturated carbocycles. The Morgan fingerprint density at radius 3 is 2.72 bits per heavy atom. The van der Waals surface area contributed by atoms with Gasteiger partial charge in [-0.3, -0.25) is 14.5 Å². The second-order valence-corrected chi connectivity index (χ2v) is 7.92. The van der Waals surface area contributed by atoms with Crippen molar-refractivity contribution in [3.8, 4) is 17.0 Å². The molecule has 3 rings (SSSR count). The molecule has 1 amide bonds. The lowest BCUT2D eigenvalue weighted by atomic mass is 9.98. The molecule has 1 aromatic carbocycles.